The Morgan fingerprint density at radius 3 is 2.41 bits per heavy atom. The van der Waals surface area contributed by atoms with Crippen molar-refractivity contribution in [3.63, 3.8) is 0 Å². The molecular formula is C14H15Cl2FN4O. The molecule has 2 aromatic rings. The van der Waals surface area contributed by atoms with Crippen molar-refractivity contribution in [1.82, 2.24) is 9.97 Å². The number of amides is 2. The van der Waals surface area contributed by atoms with Crippen molar-refractivity contribution in [2.75, 3.05) is 10.6 Å². The van der Waals surface area contributed by atoms with Gasteiger partial charge in [0.25, 0.3) is 0 Å². The maximum Gasteiger partial charge on any atom is 0.326 e. The zero-order valence-electron chi connectivity index (χ0n) is 12.2. The number of halogens is 3. The average molecular weight is 345 g/mol. The molecule has 0 aliphatic carbocycles. The molecule has 5 nitrogen and oxygen atoms in total. The number of carbonyl (C=O) groups is 1. The van der Waals surface area contributed by atoms with Gasteiger partial charge in [0.1, 0.15) is 11.0 Å². The number of aromatic nitrogens is 2. The molecule has 1 heterocycles. The number of benzene rings is 1. The highest BCUT2D eigenvalue weighted by atomic mass is 35.5. The second kappa shape index (κ2) is 8.51. The Kier molecular flexibility index (Phi) is 7.01. The molecule has 0 radical (unpaired) electrons. The maximum absolute atomic E-state index is 13.0. The SMILES string of the molecule is CC.Cc1cc(Cl)nc(NC(=O)Nc2ccc(F)c(Cl)c2)n1. The lowest BCUT2D eigenvalue weighted by Gasteiger charge is -2.07. The van der Waals surface area contributed by atoms with E-state index in [4.69, 9.17) is 23.2 Å². The van der Waals surface area contributed by atoms with E-state index in [1.807, 2.05) is 13.8 Å². The van der Waals surface area contributed by atoms with E-state index >= 15 is 0 Å². The summed E-state index contributed by atoms with van der Waals surface area (Å²) >= 11 is 11.4. The van der Waals surface area contributed by atoms with Crippen LogP contribution in [0, 0.1) is 12.7 Å². The molecular weight excluding hydrogens is 330 g/mol. The quantitative estimate of drug-likeness (QED) is 0.761. The number of rotatable bonds is 2. The number of anilines is 2. The van der Waals surface area contributed by atoms with Gasteiger partial charge in [0, 0.05) is 11.4 Å². The zero-order valence-corrected chi connectivity index (χ0v) is 13.8. The molecule has 0 saturated carbocycles. The molecule has 1 aromatic carbocycles. The fourth-order valence-electron chi connectivity index (χ4n) is 1.42. The molecule has 0 fully saturated rings. The predicted octanol–water partition coefficient (Wildman–Crippen LogP) is 4.90. The van der Waals surface area contributed by atoms with E-state index in [0.717, 1.165) is 6.07 Å². The number of hydrogen-bond donors (Lipinski definition) is 2. The Morgan fingerprint density at radius 1 is 1.14 bits per heavy atom. The minimum Gasteiger partial charge on any atom is -0.308 e. The van der Waals surface area contributed by atoms with Gasteiger partial charge < -0.3 is 5.32 Å². The lowest BCUT2D eigenvalue weighted by molar-refractivity contribution is 0.262. The molecule has 2 N–H and O–H groups in total. The van der Waals surface area contributed by atoms with Crippen molar-refractivity contribution < 1.29 is 9.18 Å². The highest BCUT2D eigenvalue weighted by Gasteiger charge is 2.08. The predicted molar refractivity (Wildman–Crippen MR) is 87.2 cm³/mol. The van der Waals surface area contributed by atoms with Crippen LogP contribution in [-0.4, -0.2) is 16.0 Å². The van der Waals surface area contributed by atoms with Crippen LogP contribution in [0.5, 0.6) is 0 Å². The average Bonchev–Trinajstić information content (AvgIpc) is 2.44. The molecule has 1 aromatic heterocycles. The van der Waals surface area contributed by atoms with E-state index in [1.165, 1.54) is 12.1 Å². The third kappa shape index (κ3) is 5.46. The lowest BCUT2D eigenvalue weighted by Crippen LogP contribution is -2.21. The third-order valence-corrected chi connectivity index (χ3v) is 2.71. The van der Waals surface area contributed by atoms with E-state index in [-0.39, 0.29) is 16.1 Å². The highest BCUT2D eigenvalue weighted by Crippen LogP contribution is 2.19. The third-order valence-electron chi connectivity index (χ3n) is 2.23. The van der Waals surface area contributed by atoms with Gasteiger partial charge in [-0.2, -0.15) is 0 Å². The Hall–Kier alpha value is -1.92. The minimum absolute atomic E-state index is 0.0701. The van der Waals surface area contributed by atoms with Crippen LogP contribution in [-0.2, 0) is 0 Å². The van der Waals surface area contributed by atoms with Gasteiger partial charge in [-0.1, -0.05) is 37.0 Å². The highest BCUT2D eigenvalue weighted by molar-refractivity contribution is 6.31. The molecule has 118 valence electrons. The summed E-state index contributed by atoms with van der Waals surface area (Å²) in [4.78, 5) is 19.6. The molecule has 2 rings (SSSR count). The van der Waals surface area contributed by atoms with Crippen LogP contribution in [0.4, 0.5) is 20.8 Å². The minimum atomic E-state index is -0.589. The second-order valence-corrected chi connectivity index (χ2v) is 4.66. The van der Waals surface area contributed by atoms with Gasteiger partial charge in [0.2, 0.25) is 5.95 Å². The Labute approximate surface area is 137 Å². The fraction of sp³-hybridized carbons (Fsp3) is 0.214. The summed E-state index contributed by atoms with van der Waals surface area (Å²) in [5, 5.41) is 5.02. The summed E-state index contributed by atoms with van der Waals surface area (Å²) in [6, 6.07) is 4.79. The summed E-state index contributed by atoms with van der Waals surface area (Å²) < 4.78 is 13.0. The van der Waals surface area contributed by atoms with Gasteiger partial charge in [-0.25, -0.2) is 19.2 Å². The smallest absolute Gasteiger partial charge is 0.308 e. The second-order valence-electron chi connectivity index (χ2n) is 3.86. The first-order chi connectivity index (χ1) is 10.4. The van der Waals surface area contributed by atoms with Gasteiger partial charge in [-0.05, 0) is 31.2 Å². The molecule has 0 spiro atoms. The van der Waals surface area contributed by atoms with Gasteiger partial charge in [0.15, 0.2) is 0 Å². The summed E-state index contributed by atoms with van der Waals surface area (Å²) in [5.74, 6) is -0.493. The van der Waals surface area contributed by atoms with E-state index in [9.17, 15) is 9.18 Å². The monoisotopic (exact) mass is 344 g/mol. The van der Waals surface area contributed by atoms with Crippen molar-refractivity contribution in [3.05, 3.63) is 46.0 Å². The summed E-state index contributed by atoms with van der Waals surface area (Å²) in [6.45, 7) is 5.72. The van der Waals surface area contributed by atoms with Crippen LogP contribution in [0.25, 0.3) is 0 Å². The van der Waals surface area contributed by atoms with Gasteiger partial charge >= 0.3 is 6.03 Å². The van der Waals surface area contributed by atoms with Crippen LogP contribution < -0.4 is 10.6 Å². The molecule has 2 amide bonds. The van der Waals surface area contributed by atoms with Crippen LogP contribution in [0.15, 0.2) is 24.3 Å². The maximum atomic E-state index is 13.0. The molecule has 0 bridgehead atoms. The topological polar surface area (TPSA) is 66.9 Å². The van der Waals surface area contributed by atoms with E-state index in [1.54, 1.807) is 13.0 Å². The molecule has 0 atom stereocenters. The molecule has 0 aliphatic heterocycles. The van der Waals surface area contributed by atoms with Gasteiger partial charge in [-0.15, -0.1) is 0 Å². The number of hydrogen-bond acceptors (Lipinski definition) is 3. The summed E-state index contributed by atoms with van der Waals surface area (Å²) in [6.07, 6.45) is 0. The van der Waals surface area contributed by atoms with Crippen LogP contribution in [0.2, 0.25) is 10.2 Å². The first-order valence-corrected chi connectivity index (χ1v) is 7.24. The zero-order chi connectivity index (χ0) is 16.7. The number of carbonyl (C=O) groups excluding carboxylic acids is 1. The van der Waals surface area contributed by atoms with Crippen molar-refractivity contribution in [2.24, 2.45) is 0 Å². The number of nitrogens with one attached hydrogen (secondary N) is 2. The van der Waals surface area contributed by atoms with Gasteiger partial charge in [0.05, 0.1) is 5.02 Å². The van der Waals surface area contributed by atoms with Gasteiger partial charge in [-0.3, -0.25) is 5.32 Å². The molecule has 0 unspecified atom stereocenters. The Morgan fingerprint density at radius 2 is 1.82 bits per heavy atom. The Balaban J connectivity index is 0.00000116. The molecule has 22 heavy (non-hydrogen) atoms. The summed E-state index contributed by atoms with van der Waals surface area (Å²) in [7, 11) is 0. The van der Waals surface area contributed by atoms with Crippen LogP contribution in [0.1, 0.15) is 19.5 Å². The van der Waals surface area contributed by atoms with Crippen molar-refractivity contribution in [2.45, 2.75) is 20.8 Å². The Bertz CT molecular complexity index is 647. The standard InChI is InChI=1S/C12H9Cl2FN4O.C2H6/c1-6-4-10(14)18-11(16-6)19-12(20)17-7-2-3-9(15)8(13)5-7;1-2/h2-5H,1H3,(H2,16,17,18,19,20);1-2H3. The van der Waals surface area contributed by atoms with E-state index in [2.05, 4.69) is 20.6 Å². The van der Waals surface area contributed by atoms with E-state index < -0.39 is 11.8 Å². The largest absolute Gasteiger partial charge is 0.326 e. The van der Waals surface area contributed by atoms with Crippen LogP contribution in [0.3, 0.4) is 0 Å². The number of nitrogens with zero attached hydrogens (tertiary/aromatic N) is 2. The molecule has 8 heteroatoms. The first kappa shape index (κ1) is 18.1. The number of aryl methyl sites for hydroxylation is 1. The van der Waals surface area contributed by atoms with Crippen molar-refractivity contribution in [3.8, 4) is 0 Å². The van der Waals surface area contributed by atoms with Crippen LogP contribution >= 0.6 is 23.2 Å². The first-order valence-electron chi connectivity index (χ1n) is 6.48. The molecule has 0 saturated heterocycles. The molecule has 0 aliphatic rings. The lowest BCUT2D eigenvalue weighted by atomic mass is 10.3. The fourth-order valence-corrected chi connectivity index (χ4v) is 1.84. The van der Waals surface area contributed by atoms with Crippen molar-refractivity contribution in [1.29, 1.82) is 0 Å². The number of urea groups is 1. The van der Waals surface area contributed by atoms with E-state index in [0.29, 0.717) is 11.4 Å². The van der Waals surface area contributed by atoms with Crippen molar-refractivity contribution >= 4 is 40.9 Å². The summed E-state index contributed by atoms with van der Waals surface area (Å²) in [5.41, 5.74) is 0.956. The normalized spacial score (nSPS) is 9.55.